The zero-order chi connectivity index (χ0) is 27.8. The number of nitrogen functional groups attached to an aromatic ring is 1. The second-order valence-corrected chi connectivity index (χ2v) is 12.0. The number of carboxylic acids is 1. The van der Waals surface area contributed by atoms with Crippen molar-refractivity contribution in [2.75, 3.05) is 18.9 Å². The molecule has 6 atom stereocenters. The molecule has 1 fully saturated rings. The first-order valence-corrected chi connectivity index (χ1v) is 14.4. The highest BCUT2D eigenvalue weighted by molar-refractivity contribution is 7.61. The number of aromatic carboxylic acids is 1. The van der Waals surface area contributed by atoms with Crippen molar-refractivity contribution < 1.29 is 57.1 Å². The third-order valence-corrected chi connectivity index (χ3v) is 9.11. The molecule has 7 N–H and O–H groups in total. The van der Waals surface area contributed by atoms with Crippen LogP contribution in [0.3, 0.4) is 0 Å². The Balaban J connectivity index is 1.32. The fourth-order valence-corrected chi connectivity index (χ4v) is 6.46. The van der Waals surface area contributed by atoms with Crippen molar-refractivity contribution in [3.8, 4) is 0 Å². The second-order valence-electron chi connectivity index (χ2n) is 7.86. The van der Waals surface area contributed by atoms with E-state index in [0.29, 0.717) is 10.6 Å². The van der Waals surface area contributed by atoms with Crippen molar-refractivity contribution in [2.24, 2.45) is 0 Å². The number of carbonyl (C=O) groups is 1. The number of aliphatic hydroxyl groups is 2. The van der Waals surface area contributed by atoms with E-state index in [-0.39, 0.29) is 28.4 Å². The zero-order valence-corrected chi connectivity index (χ0v) is 21.9. The Morgan fingerprint density at radius 2 is 1.89 bits per heavy atom. The number of aromatic nitrogens is 5. The van der Waals surface area contributed by atoms with E-state index >= 15 is 0 Å². The summed E-state index contributed by atoms with van der Waals surface area (Å²) in [5.74, 6) is -1.16. The van der Waals surface area contributed by atoms with E-state index in [1.807, 2.05) is 0 Å². The topological polar surface area (TPSA) is 272 Å². The van der Waals surface area contributed by atoms with Crippen LogP contribution in [0.2, 0.25) is 0 Å². The summed E-state index contributed by atoms with van der Waals surface area (Å²) in [6.07, 6.45) is -3.37. The van der Waals surface area contributed by atoms with Gasteiger partial charge in [0.25, 0.3) is 0 Å². The maximum absolute atomic E-state index is 12.2. The van der Waals surface area contributed by atoms with Gasteiger partial charge in [-0.1, -0.05) is 0 Å². The van der Waals surface area contributed by atoms with Gasteiger partial charge in [0.15, 0.2) is 17.7 Å². The molecule has 0 radical (unpaired) electrons. The van der Waals surface area contributed by atoms with Crippen molar-refractivity contribution in [3.05, 3.63) is 28.2 Å². The normalized spacial score (nSPS) is 24.9. The van der Waals surface area contributed by atoms with E-state index in [1.165, 1.54) is 10.9 Å². The Kier molecular flexibility index (Phi) is 8.27. The number of phosphoric ester groups is 2. The zero-order valence-electron chi connectivity index (χ0n) is 19.3. The third kappa shape index (κ3) is 6.24. The number of anilines is 1. The number of hydrogen-bond donors (Lipinski definition) is 6. The van der Waals surface area contributed by atoms with Crippen LogP contribution in [-0.4, -0.2) is 87.1 Å². The number of fused-ring (bicyclic) bond motifs is 1. The van der Waals surface area contributed by atoms with Gasteiger partial charge < -0.3 is 35.6 Å². The number of rotatable bonds is 11. The van der Waals surface area contributed by atoms with Crippen molar-refractivity contribution in [1.29, 1.82) is 0 Å². The fraction of sp³-hybridized carbons (Fsp3) is 0.471. The highest BCUT2D eigenvalue weighted by Crippen LogP contribution is 2.60. The largest absolute Gasteiger partial charge is 0.481 e. The number of aliphatic hydroxyl groups excluding tert-OH is 2. The Hall–Kier alpha value is -2.41. The summed E-state index contributed by atoms with van der Waals surface area (Å²) in [6.45, 7) is 0.244. The molecule has 38 heavy (non-hydrogen) atoms. The first kappa shape index (κ1) is 28.6. The molecule has 0 bridgehead atoms. The maximum Gasteiger partial charge on any atom is 0.481 e. The van der Waals surface area contributed by atoms with E-state index in [1.54, 1.807) is 6.92 Å². The second kappa shape index (κ2) is 11.0. The molecule has 2 unspecified atom stereocenters. The number of hydrogen-bond acceptors (Lipinski definition) is 15. The number of ether oxygens (including phenoxy) is 1. The molecule has 1 aliphatic rings. The van der Waals surface area contributed by atoms with Crippen LogP contribution in [0.5, 0.6) is 0 Å². The SMILES string of the molecule is Cc1nc(C(=O)O)sc1CCOP(=O)(O)OP(=O)(O)OC[C@@H]1O[C@@H](n2cnc3c(N)ncnc32)[C@H](O)[C@H]1O. The average molecular weight is 596 g/mol. The minimum Gasteiger partial charge on any atom is -0.476 e. The molecule has 1 aliphatic heterocycles. The molecule has 0 spiro atoms. The summed E-state index contributed by atoms with van der Waals surface area (Å²) in [6, 6.07) is 0. The smallest absolute Gasteiger partial charge is 0.476 e. The van der Waals surface area contributed by atoms with Gasteiger partial charge in [0.1, 0.15) is 30.2 Å². The lowest BCUT2D eigenvalue weighted by Crippen LogP contribution is -2.33. The van der Waals surface area contributed by atoms with Gasteiger partial charge >= 0.3 is 21.6 Å². The quantitative estimate of drug-likeness (QED) is 0.159. The van der Waals surface area contributed by atoms with Crippen molar-refractivity contribution in [2.45, 2.75) is 37.9 Å². The lowest BCUT2D eigenvalue weighted by atomic mass is 10.1. The molecule has 0 aliphatic carbocycles. The molecule has 0 saturated carbocycles. The number of carboxylic acid groups (broad SMARTS) is 1. The number of nitrogens with two attached hydrogens (primary N) is 1. The Morgan fingerprint density at radius 1 is 1.18 bits per heavy atom. The number of thiazole rings is 1. The summed E-state index contributed by atoms with van der Waals surface area (Å²) >= 11 is 0.846. The number of phosphoric acid groups is 2. The first-order chi connectivity index (χ1) is 17.8. The molecular weight excluding hydrogens is 574 g/mol. The van der Waals surface area contributed by atoms with Gasteiger partial charge in [-0.3, -0.25) is 13.6 Å². The van der Waals surface area contributed by atoms with E-state index in [2.05, 4.69) is 28.8 Å². The van der Waals surface area contributed by atoms with Crippen LogP contribution in [0.25, 0.3) is 11.2 Å². The van der Waals surface area contributed by atoms with E-state index in [4.69, 9.17) is 20.1 Å². The van der Waals surface area contributed by atoms with Crippen LogP contribution in [0.1, 0.15) is 26.6 Å². The van der Waals surface area contributed by atoms with Crippen LogP contribution < -0.4 is 5.73 Å². The van der Waals surface area contributed by atoms with Gasteiger partial charge in [-0.05, 0) is 6.92 Å². The molecule has 4 rings (SSSR count). The average Bonchev–Trinajstić information content (AvgIpc) is 3.49. The molecule has 3 aromatic rings. The van der Waals surface area contributed by atoms with Crippen molar-refractivity contribution in [3.63, 3.8) is 0 Å². The third-order valence-electron chi connectivity index (χ3n) is 5.27. The standard InChI is InChI=1S/C17H22N6O12P2S/c1-7-9(38-15(22-7)17(26)27)2-3-32-36(28,29)35-37(30,31)33-4-8-11(24)12(25)16(34-8)23-6-21-10-13(18)19-5-20-14(10)23/h5-6,8,11-12,16,24-25H,2-4H2,1H3,(H,26,27)(H,28,29)(H,30,31)(H2,18,19,20)/t8-,11-,12+,16+/m0/s1. The van der Waals surface area contributed by atoms with Crippen molar-refractivity contribution in [1.82, 2.24) is 24.5 Å². The van der Waals surface area contributed by atoms with E-state index < -0.39 is 59.4 Å². The lowest BCUT2D eigenvalue weighted by molar-refractivity contribution is -0.0504. The Bertz CT molecular complexity index is 1430. The molecule has 4 heterocycles. The predicted octanol–water partition coefficient (Wildman–Crippen LogP) is -0.0159. The van der Waals surface area contributed by atoms with Gasteiger partial charge in [-0.15, -0.1) is 11.3 Å². The van der Waals surface area contributed by atoms with Crippen LogP contribution >= 0.6 is 27.0 Å². The molecule has 3 aromatic heterocycles. The minimum atomic E-state index is -5.22. The van der Waals surface area contributed by atoms with E-state index in [0.717, 1.165) is 17.7 Å². The summed E-state index contributed by atoms with van der Waals surface area (Å²) in [5, 5.41) is 29.6. The van der Waals surface area contributed by atoms with Gasteiger partial charge in [-0.2, -0.15) is 4.31 Å². The summed E-state index contributed by atoms with van der Waals surface area (Å²) in [5.41, 5.74) is 6.53. The summed E-state index contributed by atoms with van der Waals surface area (Å²) in [4.78, 5) is 46.8. The molecular formula is C17H22N6O12P2S. The molecule has 21 heteroatoms. The Labute approximate surface area is 216 Å². The number of nitrogens with zero attached hydrogens (tertiary/aromatic N) is 5. The molecule has 1 saturated heterocycles. The van der Waals surface area contributed by atoms with Crippen LogP contribution in [0, 0.1) is 6.92 Å². The van der Waals surface area contributed by atoms with Crippen LogP contribution in [0.15, 0.2) is 12.7 Å². The van der Waals surface area contributed by atoms with Gasteiger partial charge in [0.05, 0.1) is 25.2 Å². The lowest BCUT2D eigenvalue weighted by Gasteiger charge is -2.19. The molecule has 0 aromatic carbocycles. The van der Waals surface area contributed by atoms with Crippen molar-refractivity contribution >= 4 is 49.9 Å². The summed E-state index contributed by atoms with van der Waals surface area (Å²) < 4.78 is 44.8. The van der Waals surface area contributed by atoms with Crippen LogP contribution in [0.4, 0.5) is 5.82 Å². The van der Waals surface area contributed by atoms with Gasteiger partial charge in [0.2, 0.25) is 5.01 Å². The number of aryl methyl sites for hydroxylation is 1. The Morgan fingerprint density at radius 3 is 2.58 bits per heavy atom. The molecule has 18 nitrogen and oxygen atoms in total. The fourth-order valence-electron chi connectivity index (χ4n) is 3.50. The molecule has 0 amide bonds. The van der Waals surface area contributed by atoms with Gasteiger partial charge in [0, 0.05) is 11.3 Å². The first-order valence-electron chi connectivity index (χ1n) is 10.6. The highest BCUT2D eigenvalue weighted by Gasteiger charge is 2.46. The predicted molar refractivity (Wildman–Crippen MR) is 126 cm³/mol. The van der Waals surface area contributed by atoms with E-state index in [9.17, 15) is 33.9 Å². The minimum absolute atomic E-state index is 0.0256. The molecule has 208 valence electrons. The number of imidazole rings is 1. The maximum atomic E-state index is 12.2. The highest BCUT2D eigenvalue weighted by atomic mass is 32.1. The van der Waals surface area contributed by atoms with Gasteiger partial charge in [-0.25, -0.2) is 33.9 Å². The summed E-state index contributed by atoms with van der Waals surface area (Å²) in [7, 11) is -10.3. The monoisotopic (exact) mass is 596 g/mol. The van der Waals surface area contributed by atoms with Crippen LogP contribution in [-0.2, 0) is 33.6 Å².